The molecule has 0 saturated heterocycles. The Balaban J connectivity index is 1.54. The van der Waals surface area contributed by atoms with Crippen LogP contribution in [-0.4, -0.2) is 26.7 Å². The third-order valence-corrected chi connectivity index (χ3v) is 5.82. The van der Waals surface area contributed by atoms with Crippen molar-refractivity contribution in [2.75, 3.05) is 5.32 Å². The molecule has 0 atom stereocenters. The molecule has 1 saturated carbocycles. The van der Waals surface area contributed by atoms with Gasteiger partial charge in [0.25, 0.3) is 0 Å². The Labute approximate surface area is 164 Å². The molecule has 2 heterocycles. The van der Waals surface area contributed by atoms with Crippen LogP contribution in [0.25, 0.3) is 22.0 Å². The number of aromatic nitrogens is 3. The Morgan fingerprint density at radius 1 is 1.11 bits per heavy atom. The predicted octanol–water partition coefficient (Wildman–Crippen LogP) is 3.89. The van der Waals surface area contributed by atoms with Gasteiger partial charge in [-0.2, -0.15) is 0 Å². The second kappa shape index (κ2) is 7.54. The molecule has 0 aliphatic heterocycles. The fourth-order valence-electron chi connectivity index (χ4n) is 3.88. The van der Waals surface area contributed by atoms with Crippen molar-refractivity contribution >= 4 is 28.8 Å². The summed E-state index contributed by atoms with van der Waals surface area (Å²) in [4.78, 5) is 32.2. The van der Waals surface area contributed by atoms with Crippen molar-refractivity contribution in [3.05, 3.63) is 42.5 Å². The Morgan fingerprint density at radius 3 is 2.57 bits per heavy atom. The zero-order chi connectivity index (χ0) is 19.7. The minimum atomic E-state index is -0.0440. The van der Waals surface area contributed by atoms with Crippen LogP contribution in [0.2, 0.25) is 0 Å². The van der Waals surface area contributed by atoms with Crippen LogP contribution in [-0.2, 0) is 16.6 Å². The number of rotatable bonds is 4. The fourth-order valence-corrected chi connectivity index (χ4v) is 3.88. The fraction of sp³-hybridized carbons (Fsp3) is 0.364. The lowest BCUT2D eigenvalue weighted by Crippen LogP contribution is -2.27. The number of aldehydes is 1. The molecule has 6 heteroatoms. The first kappa shape index (κ1) is 18.3. The summed E-state index contributed by atoms with van der Waals surface area (Å²) >= 11 is 0. The number of hydrogen-bond donors (Lipinski definition) is 1. The van der Waals surface area contributed by atoms with Crippen molar-refractivity contribution in [3.63, 3.8) is 0 Å². The van der Waals surface area contributed by atoms with Crippen LogP contribution in [0.4, 0.5) is 5.82 Å². The van der Waals surface area contributed by atoms with E-state index in [0.29, 0.717) is 5.82 Å². The zero-order valence-electron chi connectivity index (χ0n) is 16.2. The summed E-state index contributed by atoms with van der Waals surface area (Å²) in [6, 6.07) is 8.10. The predicted molar refractivity (Wildman–Crippen MR) is 109 cm³/mol. The van der Waals surface area contributed by atoms with Gasteiger partial charge in [0.15, 0.2) is 0 Å². The monoisotopic (exact) mass is 376 g/mol. The lowest BCUT2D eigenvalue weighted by Gasteiger charge is -2.24. The molecule has 1 aliphatic carbocycles. The van der Waals surface area contributed by atoms with Gasteiger partial charge in [-0.15, -0.1) is 0 Å². The number of carbonyl (C=O) groups is 2. The smallest absolute Gasteiger partial charge is 0.228 e. The third-order valence-electron chi connectivity index (χ3n) is 5.82. The van der Waals surface area contributed by atoms with Gasteiger partial charge in [0.05, 0.1) is 11.9 Å². The van der Waals surface area contributed by atoms with E-state index in [2.05, 4.69) is 32.0 Å². The Bertz CT molecular complexity index is 1030. The molecule has 0 bridgehead atoms. The second-order valence-electron chi connectivity index (χ2n) is 7.62. The maximum atomic E-state index is 12.6. The van der Waals surface area contributed by atoms with Crippen molar-refractivity contribution in [3.8, 4) is 11.3 Å². The number of carbonyl (C=O) groups excluding carboxylic acids is 2. The van der Waals surface area contributed by atoms with Crippen molar-refractivity contribution in [2.45, 2.75) is 32.6 Å². The highest BCUT2D eigenvalue weighted by molar-refractivity contribution is 5.95. The Hall–Kier alpha value is -3.02. The molecule has 28 heavy (non-hydrogen) atoms. The van der Waals surface area contributed by atoms with Crippen LogP contribution in [0.1, 0.15) is 31.5 Å². The number of benzene rings is 1. The summed E-state index contributed by atoms with van der Waals surface area (Å²) in [5, 5.41) is 5.00. The van der Waals surface area contributed by atoms with Crippen molar-refractivity contribution in [1.82, 2.24) is 14.5 Å². The quantitative estimate of drug-likeness (QED) is 0.701. The van der Waals surface area contributed by atoms with Gasteiger partial charge in [0, 0.05) is 36.0 Å². The molecule has 1 aromatic carbocycles. The topological polar surface area (TPSA) is 76.9 Å². The molecule has 4 rings (SSSR count). The SMILES string of the molecule is Cc1ncc(-c2ccc3cnc(NC(=O)[C@H]4CC[C@H](C=O)CC4)cc3c2)n1C. The molecular weight excluding hydrogens is 352 g/mol. The number of aryl methyl sites for hydroxylation is 1. The van der Waals surface area contributed by atoms with Gasteiger partial charge in [0.1, 0.15) is 17.9 Å². The molecule has 1 amide bonds. The first-order valence-electron chi connectivity index (χ1n) is 9.70. The van der Waals surface area contributed by atoms with Crippen LogP contribution < -0.4 is 5.32 Å². The maximum Gasteiger partial charge on any atom is 0.228 e. The molecule has 1 N–H and O–H groups in total. The summed E-state index contributed by atoms with van der Waals surface area (Å²) in [7, 11) is 2.00. The van der Waals surface area contributed by atoms with Gasteiger partial charge in [-0.25, -0.2) is 9.97 Å². The number of pyridine rings is 1. The molecule has 3 aromatic rings. The minimum absolute atomic E-state index is 0.00499. The Kier molecular flexibility index (Phi) is 4.94. The van der Waals surface area contributed by atoms with Crippen LogP contribution in [0, 0.1) is 18.8 Å². The van der Waals surface area contributed by atoms with Gasteiger partial charge < -0.3 is 14.7 Å². The first-order valence-corrected chi connectivity index (χ1v) is 9.70. The van der Waals surface area contributed by atoms with Crippen LogP contribution in [0.5, 0.6) is 0 Å². The van der Waals surface area contributed by atoms with Gasteiger partial charge >= 0.3 is 0 Å². The van der Waals surface area contributed by atoms with Gasteiger partial charge in [-0.3, -0.25) is 4.79 Å². The number of anilines is 1. The number of amides is 1. The number of imidazole rings is 1. The number of nitrogens with one attached hydrogen (secondary N) is 1. The van der Waals surface area contributed by atoms with E-state index in [1.165, 1.54) is 0 Å². The van der Waals surface area contributed by atoms with E-state index in [-0.39, 0.29) is 17.7 Å². The summed E-state index contributed by atoms with van der Waals surface area (Å²) in [6.45, 7) is 1.98. The standard InChI is InChI=1S/C22H24N4O2/c1-14-23-12-20(26(14)2)17-7-8-18-11-24-21(10-19(18)9-17)25-22(28)16-5-3-15(13-27)4-6-16/h7-13,15-16H,3-6H2,1-2H3,(H,24,25,28)/t15-,16-. The van der Waals surface area contributed by atoms with E-state index in [0.717, 1.165) is 59.8 Å². The first-order chi connectivity index (χ1) is 13.5. The van der Waals surface area contributed by atoms with Gasteiger partial charge in [0.2, 0.25) is 5.91 Å². The second-order valence-corrected chi connectivity index (χ2v) is 7.62. The number of hydrogen-bond acceptors (Lipinski definition) is 4. The van der Waals surface area contributed by atoms with Crippen LogP contribution in [0.15, 0.2) is 36.7 Å². The van der Waals surface area contributed by atoms with E-state index >= 15 is 0 Å². The largest absolute Gasteiger partial charge is 0.331 e. The molecule has 1 aliphatic rings. The molecule has 144 valence electrons. The Morgan fingerprint density at radius 2 is 1.89 bits per heavy atom. The van der Waals surface area contributed by atoms with E-state index < -0.39 is 0 Å². The average Bonchev–Trinajstić information content (AvgIpc) is 3.06. The average molecular weight is 376 g/mol. The van der Waals surface area contributed by atoms with E-state index in [1.807, 2.05) is 32.3 Å². The summed E-state index contributed by atoms with van der Waals surface area (Å²) in [5.74, 6) is 1.58. The molecule has 2 aromatic heterocycles. The van der Waals surface area contributed by atoms with Crippen LogP contribution in [0.3, 0.4) is 0 Å². The highest BCUT2D eigenvalue weighted by Gasteiger charge is 2.26. The van der Waals surface area contributed by atoms with Crippen molar-refractivity contribution < 1.29 is 9.59 Å². The number of nitrogens with zero attached hydrogens (tertiary/aromatic N) is 3. The molecule has 0 radical (unpaired) electrons. The third kappa shape index (κ3) is 3.54. The van der Waals surface area contributed by atoms with Gasteiger partial charge in [-0.1, -0.05) is 12.1 Å². The highest BCUT2D eigenvalue weighted by atomic mass is 16.2. The highest BCUT2D eigenvalue weighted by Crippen LogP contribution is 2.29. The summed E-state index contributed by atoms with van der Waals surface area (Å²) in [5.41, 5.74) is 2.12. The van der Waals surface area contributed by atoms with Crippen LogP contribution >= 0.6 is 0 Å². The van der Waals surface area contributed by atoms with Crippen molar-refractivity contribution in [2.24, 2.45) is 18.9 Å². The molecule has 0 spiro atoms. The molecule has 0 unspecified atom stereocenters. The number of fused-ring (bicyclic) bond motifs is 1. The van der Waals surface area contributed by atoms with Crippen molar-refractivity contribution in [1.29, 1.82) is 0 Å². The van der Waals surface area contributed by atoms with E-state index in [1.54, 1.807) is 6.20 Å². The molecular formula is C22H24N4O2. The lowest BCUT2D eigenvalue weighted by molar-refractivity contribution is -0.122. The zero-order valence-corrected chi connectivity index (χ0v) is 16.2. The summed E-state index contributed by atoms with van der Waals surface area (Å²) in [6.07, 6.45) is 7.77. The van der Waals surface area contributed by atoms with E-state index in [4.69, 9.17) is 0 Å². The normalized spacial score (nSPS) is 19.5. The van der Waals surface area contributed by atoms with Gasteiger partial charge in [-0.05, 0) is 50.1 Å². The lowest BCUT2D eigenvalue weighted by atomic mass is 9.82. The summed E-state index contributed by atoms with van der Waals surface area (Å²) < 4.78 is 2.06. The maximum absolute atomic E-state index is 12.6. The minimum Gasteiger partial charge on any atom is -0.331 e. The molecule has 1 fully saturated rings. The molecule has 6 nitrogen and oxygen atoms in total. The van der Waals surface area contributed by atoms with E-state index in [9.17, 15) is 9.59 Å².